The van der Waals surface area contributed by atoms with Crippen molar-refractivity contribution in [3.63, 3.8) is 0 Å². The summed E-state index contributed by atoms with van der Waals surface area (Å²) in [4.78, 5) is 4.84. The molecule has 0 atom stereocenters. The number of aryl methyl sites for hydroxylation is 1. The monoisotopic (exact) mass is 276 g/mol. The number of benzene rings is 1. The lowest BCUT2D eigenvalue weighted by molar-refractivity contribution is 0.685. The lowest BCUT2D eigenvalue weighted by Crippen LogP contribution is -2.01. The molecule has 2 aromatic heterocycles. The summed E-state index contributed by atoms with van der Waals surface area (Å²) in [5.74, 6) is 0.699. The first kappa shape index (κ1) is 12.6. The van der Waals surface area contributed by atoms with Crippen molar-refractivity contribution in [2.45, 2.75) is 38.5 Å². The maximum Gasteiger partial charge on any atom is 0.137 e. The van der Waals surface area contributed by atoms with Crippen LogP contribution in [0.3, 0.4) is 0 Å². The minimum absolute atomic E-state index is 0.699. The Hall–Kier alpha value is -2.09. The molecule has 0 saturated heterocycles. The maximum atomic E-state index is 4.84. The molecule has 2 heteroatoms. The summed E-state index contributed by atoms with van der Waals surface area (Å²) in [6, 6.07) is 15.0. The normalized spacial score (nSPS) is 15.9. The molecule has 0 radical (unpaired) electrons. The molecule has 3 aromatic rings. The summed E-state index contributed by atoms with van der Waals surface area (Å²) in [6.07, 6.45) is 7.56. The predicted molar refractivity (Wildman–Crippen MR) is 86.6 cm³/mol. The van der Waals surface area contributed by atoms with Gasteiger partial charge in [0.25, 0.3) is 0 Å². The molecule has 106 valence electrons. The van der Waals surface area contributed by atoms with Gasteiger partial charge in [-0.2, -0.15) is 0 Å². The topological polar surface area (TPSA) is 17.3 Å². The molecular formula is C19H20N2. The Bertz CT molecular complexity index is 765. The van der Waals surface area contributed by atoms with E-state index in [-0.39, 0.29) is 0 Å². The van der Waals surface area contributed by atoms with E-state index >= 15 is 0 Å². The Morgan fingerprint density at radius 3 is 2.57 bits per heavy atom. The SMILES string of the molecule is Cc1cc(C2CCCC2)n2cc(-c3ccccc3)nc2c1. The molecule has 0 N–H and O–H groups in total. The number of aromatic nitrogens is 2. The van der Waals surface area contributed by atoms with Gasteiger partial charge in [-0.15, -0.1) is 0 Å². The van der Waals surface area contributed by atoms with E-state index in [0.717, 1.165) is 11.3 Å². The number of hydrogen-bond donors (Lipinski definition) is 0. The Kier molecular flexibility index (Phi) is 3.03. The highest BCUT2D eigenvalue weighted by molar-refractivity contribution is 5.63. The van der Waals surface area contributed by atoms with Gasteiger partial charge in [0.2, 0.25) is 0 Å². The molecule has 1 aliphatic carbocycles. The number of hydrogen-bond acceptors (Lipinski definition) is 1. The van der Waals surface area contributed by atoms with Crippen LogP contribution in [0.5, 0.6) is 0 Å². The van der Waals surface area contributed by atoms with Crippen molar-refractivity contribution in [2.75, 3.05) is 0 Å². The van der Waals surface area contributed by atoms with Crippen LogP contribution in [0.2, 0.25) is 0 Å². The molecule has 0 bridgehead atoms. The van der Waals surface area contributed by atoms with Gasteiger partial charge in [-0.3, -0.25) is 0 Å². The lowest BCUT2D eigenvalue weighted by atomic mass is 10.0. The van der Waals surface area contributed by atoms with Crippen molar-refractivity contribution < 1.29 is 0 Å². The molecule has 21 heavy (non-hydrogen) atoms. The summed E-state index contributed by atoms with van der Waals surface area (Å²) in [5.41, 5.74) is 6.10. The van der Waals surface area contributed by atoms with Crippen molar-refractivity contribution in [1.29, 1.82) is 0 Å². The van der Waals surface area contributed by atoms with E-state index in [1.54, 1.807) is 0 Å². The van der Waals surface area contributed by atoms with Crippen LogP contribution in [0.4, 0.5) is 0 Å². The molecule has 1 saturated carbocycles. The number of fused-ring (bicyclic) bond motifs is 1. The van der Waals surface area contributed by atoms with E-state index in [4.69, 9.17) is 4.98 Å². The summed E-state index contributed by atoms with van der Waals surface area (Å²) in [6.45, 7) is 2.18. The van der Waals surface area contributed by atoms with Crippen molar-refractivity contribution in [3.05, 3.63) is 59.9 Å². The number of pyridine rings is 1. The third-order valence-electron chi connectivity index (χ3n) is 4.59. The second-order valence-electron chi connectivity index (χ2n) is 6.16. The van der Waals surface area contributed by atoms with Crippen molar-refractivity contribution in [2.24, 2.45) is 0 Å². The molecule has 1 aromatic carbocycles. The van der Waals surface area contributed by atoms with Crippen molar-refractivity contribution in [1.82, 2.24) is 9.38 Å². The average molecular weight is 276 g/mol. The fourth-order valence-corrected chi connectivity index (χ4v) is 3.54. The van der Waals surface area contributed by atoms with E-state index in [1.807, 2.05) is 6.07 Å². The second kappa shape index (κ2) is 5.03. The lowest BCUT2D eigenvalue weighted by Gasteiger charge is -2.13. The Morgan fingerprint density at radius 2 is 1.81 bits per heavy atom. The van der Waals surface area contributed by atoms with Crippen LogP contribution in [0.25, 0.3) is 16.9 Å². The summed E-state index contributed by atoms with van der Waals surface area (Å²) in [7, 11) is 0. The van der Waals surface area contributed by atoms with E-state index < -0.39 is 0 Å². The zero-order valence-electron chi connectivity index (χ0n) is 12.4. The third-order valence-corrected chi connectivity index (χ3v) is 4.59. The summed E-state index contributed by atoms with van der Waals surface area (Å²) < 4.78 is 2.31. The standard InChI is InChI=1S/C19H20N2/c1-14-11-18(16-9-5-6-10-16)21-13-17(20-19(21)12-14)15-7-3-2-4-8-15/h2-4,7-8,11-13,16H,5-6,9-10H2,1H3. The highest BCUT2D eigenvalue weighted by Crippen LogP contribution is 2.35. The maximum absolute atomic E-state index is 4.84. The van der Waals surface area contributed by atoms with Gasteiger partial charge in [0.1, 0.15) is 5.65 Å². The largest absolute Gasteiger partial charge is 0.303 e. The smallest absolute Gasteiger partial charge is 0.137 e. The van der Waals surface area contributed by atoms with Gasteiger partial charge < -0.3 is 4.40 Å². The zero-order chi connectivity index (χ0) is 14.2. The molecule has 0 unspecified atom stereocenters. The van der Waals surface area contributed by atoms with E-state index in [2.05, 4.69) is 53.9 Å². The number of rotatable bonds is 2. The van der Waals surface area contributed by atoms with Crippen LogP contribution in [0, 0.1) is 6.92 Å². The van der Waals surface area contributed by atoms with Gasteiger partial charge in [-0.05, 0) is 43.4 Å². The minimum atomic E-state index is 0.699. The molecular weight excluding hydrogens is 256 g/mol. The summed E-state index contributed by atoms with van der Waals surface area (Å²) in [5, 5.41) is 0. The highest BCUT2D eigenvalue weighted by atomic mass is 15.0. The van der Waals surface area contributed by atoms with Crippen LogP contribution in [0.1, 0.15) is 42.9 Å². The molecule has 2 nitrogen and oxygen atoms in total. The number of imidazole rings is 1. The fraction of sp³-hybridized carbons (Fsp3) is 0.316. The predicted octanol–water partition coefficient (Wildman–Crippen LogP) is 4.97. The van der Waals surface area contributed by atoms with Gasteiger partial charge >= 0.3 is 0 Å². The van der Waals surface area contributed by atoms with Gasteiger partial charge in [0, 0.05) is 17.5 Å². The van der Waals surface area contributed by atoms with E-state index in [1.165, 1.54) is 42.5 Å². The average Bonchev–Trinajstić information content (AvgIpc) is 3.16. The summed E-state index contributed by atoms with van der Waals surface area (Å²) >= 11 is 0. The molecule has 1 aliphatic rings. The molecule has 0 amide bonds. The van der Waals surface area contributed by atoms with Crippen LogP contribution in [0.15, 0.2) is 48.7 Å². The van der Waals surface area contributed by atoms with Crippen LogP contribution < -0.4 is 0 Å². The molecule has 0 spiro atoms. The Morgan fingerprint density at radius 1 is 1.05 bits per heavy atom. The van der Waals surface area contributed by atoms with Gasteiger partial charge in [0.05, 0.1) is 5.69 Å². The molecule has 4 rings (SSSR count). The van der Waals surface area contributed by atoms with Gasteiger partial charge in [0.15, 0.2) is 0 Å². The zero-order valence-corrected chi connectivity index (χ0v) is 12.4. The van der Waals surface area contributed by atoms with Crippen LogP contribution in [-0.4, -0.2) is 9.38 Å². The third kappa shape index (κ3) is 2.25. The Balaban J connectivity index is 1.88. The van der Waals surface area contributed by atoms with Crippen molar-refractivity contribution in [3.8, 4) is 11.3 Å². The quantitative estimate of drug-likeness (QED) is 0.646. The highest BCUT2D eigenvalue weighted by Gasteiger charge is 2.20. The molecule has 0 aliphatic heterocycles. The first-order valence-electron chi connectivity index (χ1n) is 7.86. The number of nitrogens with zero attached hydrogens (tertiary/aromatic N) is 2. The first-order chi connectivity index (χ1) is 10.3. The van der Waals surface area contributed by atoms with Gasteiger partial charge in [-0.25, -0.2) is 4.98 Å². The fourth-order valence-electron chi connectivity index (χ4n) is 3.54. The Labute approximate surface area is 125 Å². The molecule has 2 heterocycles. The van der Waals surface area contributed by atoms with Crippen LogP contribution >= 0.6 is 0 Å². The van der Waals surface area contributed by atoms with Crippen molar-refractivity contribution >= 4 is 5.65 Å². The van der Waals surface area contributed by atoms with Gasteiger partial charge in [-0.1, -0.05) is 43.2 Å². The first-order valence-corrected chi connectivity index (χ1v) is 7.86. The van der Waals surface area contributed by atoms with E-state index in [9.17, 15) is 0 Å². The molecule has 1 fully saturated rings. The van der Waals surface area contributed by atoms with E-state index in [0.29, 0.717) is 5.92 Å². The van der Waals surface area contributed by atoms with Crippen LogP contribution in [-0.2, 0) is 0 Å². The minimum Gasteiger partial charge on any atom is -0.303 e. The second-order valence-corrected chi connectivity index (χ2v) is 6.16.